The molecular formula is C24H19F2N3O2S. The van der Waals surface area contributed by atoms with Gasteiger partial charge in [0.15, 0.2) is 0 Å². The lowest BCUT2D eigenvalue weighted by atomic mass is 9.93. The minimum Gasteiger partial charge on any atom is -0.350 e. The first-order valence-electron chi connectivity index (χ1n) is 10.1. The lowest BCUT2D eigenvalue weighted by Crippen LogP contribution is -2.64. The molecule has 0 fully saturated rings. The number of rotatable bonds is 4. The molecule has 5 rings (SSSR count). The molecule has 1 aliphatic heterocycles. The molecule has 0 spiro atoms. The van der Waals surface area contributed by atoms with Crippen LogP contribution < -0.4 is 10.2 Å². The molecule has 32 heavy (non-hydrogen) atoms. The van der Waals surface area contributed by atoms with Crippen LogP contribution in [0.25, 0.3) is 10.2 Å². The summed E-state index contributed by atoms with van der Waals surface area (Å²) in [5.74, 6) is -1.61. The number of aromatic nitrogens is 1. The maximum absolute atomic E-state index is 14.0. The number of thiophene rings is 1. The number of fused-ring (bicyclic) bond motifs is 3. The van der Waals surface area contributed by atoms with E-state index in [0.29, 0.717) is 11.4 Å². The van der Waals surface area contributed by atoms with Gasteiger partial charge in [0.25, 0.3) is 5.91 Å². The van der Waals surface area contributed by atoms with Crippen LogP contribution in [0.2, 0.25) is 0 Å². The molecule has 1 atom stereocenters. The third-order valence-corrected chi connectivity index (χ3v) is 6.76. The molecule has 1 aliphatic rings. The van der Waals surface area contributed by atoms with Crippen LogP contribution in [0.1, 0.15) is 23.0 Å². The van der Waals surface area contributed by atoms with Crippen LogP contribution in [0.5, 0.6) is 0 Å². The second-order valence-electron chi connectivity index (χ2n) is 8.00. The number of halogens is 2. The molecule has 2 aromatic heterocycles. The van der Waals surface area contributed by atoms with Crippen molar-refractivity contribution in [3.63, 3.8) is 0 Å². The zero-order chi connectivity index (χ0) is 22.5. The molecule has 5 nitrogen and oxygen atoms in total. The predicted octanol–water partition coefficient (Wildman–Crippen LogP) is 4.72. The van der Waals surface area contributed by atoms with E-state index in [0.717, 1.165) is 15.8 Å². The van der Waals surface area contributed by atoms with Gasteiger partial charge in [-0.05, 0) is 60.3 Å². The highest BCUT2D eigenvalue weighted by Crippen LogP contribution is 2.37. The van der Waals surface area contributed by atoms with Gasteiger partial charge in [-0.3, -0.25) is 14.5 Å². The van der Waals surface area contributed by atoms with Crippen LogP contribution in [-0.4, -0.2) is 21.9 Å². The van der Waals surface area contributed by atoms with Gasteiger partial charge in [0, 0.05) is 17.6 Å². The van der Waals surface area contributed by atoms with Gasteiger partial charge in [-0.2, -0.15) is 0 Å². The van der Waals surface area contributed by atoms with E-state index in [1.165, 1.54) is 46.6 Å². The fourth-order valence-electron chi connectivity index (χ4n) is 4.19. The fraction of sp³-hybridized carbons (Fsp3) is 0.167. The van der Waals surface area contributed by atoms with E-state index in [4.69, 9.17) is 0 Å². The fourth-order valence-corrected chi connectivity index (χ4v) is 5.09. The smallest absolute Gasteiger partial charge is 0.275 e. The summed E-state index contributed by atoms with van der Waals surface area (Å²) in [7, 11) is 0. The Morgan fingerprint density at radius 2 is 1.88 bits per heavy atom. The van der Waals surface area contributed by atoms with Crippen molar-refractivity contribution < 1.29 is 18.4 Å². The van der Waals surface area contributed by atoms with Gasteiger partial charge in [0.05, 0.1) is 6.54 Å². The van der Waals surface area contributed by atoms with E-state index in [1.807, 2.05) is 16.0 Å². The van der Waals surface area contributed by atoms with Crippen molar-refractivity contribution in [1.82, 2.24) is 9.88 Å². The maximum Gasteiger partial charge on any atom is 0.275 e. The number of carbonyl (C=O) groups is 2. The van der Waals surface area contributed by atoms with Crippen molar-refractivity contribution in [2.24, 2.45) is 0 Å². The largest absolute Gasteiger partial charge is 0.350 e. The number of nitrogens with zero attached hydrogens (tertiary/aromatic N) is 2. The number of nitrogens with one attached hydrogen (secondary N) is 1. The van der Waals surface area contributed by atoms with Crippen molar-refractivity contribution in [1.29, 1.82) is 0 Å². The first-order valence-corrected chi connectivity index (χ1v) is 10.9. The Hall–Kier alpha value is -3.52. The number of hydrogen-bond acceptors (Lipinski definition) is 3. The first-order chi connectivity index (χ1) is 15.4. The van der Waals surface area contributed by atoms with E-state index in [-0.39, 0.29) is 30.7 Å². The van der Waals surface area contributed by atoms with Crippen LogP contribution in [0.15, 0.2) is 66.0 Å². The molecule has 2 aromatic carbocycles. The zero-order valence-corrected chi connectivity index (χ0v) is 18.0. The molecule has 4 aromatic rings. The molecule has 8 heteroatoms. The average molecular weight is 451 g/mol. The highest BCUT2D eigenvalue weighted by atomic mass is 32.1. The Labute approximate surface area is 186 Å². The average Bonchev–Trinajstić information content (AvgIpc) is 3.36. The lowest BCUT2D eigenvalue weighted by Gasteiger charge is -2.43. The van der Waals surface area contributed by atoms with Crippen LogP contribution >= 0.6 is 11.3 Å². The minimum atomic E-state index is -1.31. The van der Waals surface area contributed by atoms with Gasteiger partial charge in [-0.15, -0.1) is 11.3 Å². The normalized spacial score (nSPS) is 18.1. The number of anilines is 1. The van der Waals surface area contributed by atoms with Gasteiger partial charge < -0.3 is 9.88 Å². The van der Waals surface area contributed by atoms with Gasteiger partial charge in [-0.1, -0.05) is 18.2 Å². The molecule has 0 aliphatic carbocycles. The molecular weight excluding hydrogens is 432 g/mol. The van der Waals surface area contributed by atoms with E-state index in [1.54, 1.807) is 31.2 Å². The monoisotopic (exact) mass is 451 g/mol. The Kier molecular flexibility index (Phi) is 4.82. The summed E-state index contributed by atoms with van der Waals surface area (Å²) in [5, 5.41) is 5.73. The topological polar surface area (TPSA) is 54.3 Å². The number of carbonyl (C=O) groups excluding carboxylic acids is 2. The highest BCUT2D eigenvalue weighted by molar-refractivity contribution is 7.16. The van der Waals surface area contributed by atoms with Crippen LogP contribution in [0.3, 0.4) is 0 Å². The molecule has 0 bridgehead atoms. The quantitative estimate of drug-likeness (QED) is 0.488. The van der Waals surface area contributed by atoms with Crippen LogP contribution in [-0.2, 0) is 17.9 Å². The summed E-state index contributed by atoms with van der Waals surface area (Å²) < 4.78 is 29.1. The van der Waals surface area contributed by atoms with Gasteiger partial charge in [-0.25, -0.2) is 8.78 Å². The summed E-state index contributed by atoms with van der Waals surface area (Å²) in [6, 6.07) is 15.2. The van der Waals surface area contributed by atoms with Crippen LogP contribution in [0.4, 0.5) is 14.5 Å². The number of hydrogen-bond donors (Lipinski definition) is 1. The van der Waals surface area contributed by atoms with Crippen molar-refractivity contribution in [2.45, 2.75) is 25.6 Å². The molecule has 162 valence electrons. The summed E-state index contributed by atoms with van der Waals surface area (Å²) in [6.07, 6.45) is 0. The van der Waals surface area contributed by atoms with Crippen molar-refractivity contribution in [2.75, 3.05) is 4.90 Å². The minimum absolute atomic E-state index is 0.173. The standard InChI is InChI=1S/C24H19F2N3O2S/c1-24(23(31)27-13-15-5-7-17(25)8-6-15)14-28-20(11-16-9-10-32-22(16)28)21(30)29(24)19-4-2-3-18(26)12-19/h2-12H,13-14H2,1H3,(H,27,31). The Balaban J connectivity index is 1.56. The predicted molar refractivity (Wildman–Crippen MR) is 120 cm³/mol. The number of benzene rings is 2. The SMILES string of the molecule is CC1(C(=O)NCc2ccc(F)cc2)Cn2c(cc3ccsc32)C(=O)N1c1cccc(F)c1. The lowest BCUT2D eigenvalue weighted by molar-refractivity contribution is -0.126. The van der Waals surface area contributed by atoms with Crippen LogP contribution in [0, 0.1) is 11.6 Å². The Bertz CT molecular complexity index is 1350. The third kappa shape index (κ3) is 3.27. The number of amides is 2. The Morgan fingerprint density at radius 3 is 2.62 bits per heavy atom. The van der Waals surface area contributed by atoms with Crippen molar-refractivity contribution in [3.8, 4) is 0 Å². The summed E-state index contributed by atoms with van der Waals surface area (Å²) >= 11 is 1.50. The molecule has 0 saturated carbocycles. The summed E-state index contributed by atoms with van der Waals surface area (Å²) in [5.41, 5.74) is 0.184. The summed E-state index contributed by atoms with van der Waals surface area (Å²) in [4.78, 5) is 29.4. The van der Waals surface area contributed by atoms with Gasteiger partial charge in [0.2, 0.25) is 5.91 Å². The molecule has 1 unspecified atom stereocenters. The van der Waals surface area contributed by atoms with E-state index >= 15 is 0 Å². The summed E-state index contributed by atoms with van der Waals surface area (Å²) in [6.45, 7) is 2.06. The maximum atomic E-state index is 14.0. The highest BCUT2D eigenvalue weighted by Gasteiger charge is 2.48. The molecule has 0 saturated heterocycles. The molecule has 1 N–H and O–H groups in total. The van der Waals surface area contributed by atoms with Gasteiger partial charge in [0.1, 0.15) is 27.7 Å². The molecule has 3 heterocycles. The second kappa shape index (κ2) is 7.56. The third-order valence-electron chi connectivity index (χ3n) is 5.81. The second-order valence-corrected chi connectivity index (χ2v) is 8.89. The molecule has 0 radical (unpaired) electrons. The Morgan fingerprint density at radius 1 is 1.09 bits per heavy atom. The van der Waals surface area contributed by atoms with Gasteiger partial charge >= 0.3 is 0 Å². The van der Waals surface area contributed by atoms with E-state index in [9.17, 15) is 18.4 Å². The first kappa shape index (κ1) is 20.4. The van der Waals surface area contributed by atoms with E-state index in [2.05, 4.69) is 5.32 Å². The van der Waals surface area contributed by atoms with Crippen molar-refractivity contribution in [3.05, 3.63) is 88.9 Å². The zero-order valence-electron chi connectivity index (χ0n) is 17.1. The molecule has 2 amide bonds. The van der Waals surface area contributed by atoms with E-state index < -0.39 is 11.4 Å². The van der Waals surface area contributed by atoms with Crippen molar-refractivity contribution >= 4 is 39.1 Å².